The molecule has 3 unspecified atom stereocenters. The maximum atomic E-state index is 6.01. The highest BCUT2D eigenvalue weighted by Crippen LogP contribution is 2.49. The first-order chi connectivity index (χ1) is 9.22. The maximum absolute atomic E-state index is 6.01. The summed E-state index contributed by atoms with van der Waals surface area (Å²) < 4.78 is 12.9. The van der Waals surface area contributed by atoms with Crippen molar-refractivity contribution in [2.75, 3.05) is 13.2 Å². The number of ether oxygens (including phenoxy) is 2. The molecule has 0 amide bonds. The quantitative estimate of drug-likeness (QED) is 0.904. The molecule has 2 bridgehead atoms. The molecule has 0 aliphatic carbocycles. The van der Waals surface area contributed by atoms with Crippen LogP contribution in [0.15, 0.2) is 28.7 Å². The third kappa shape index (κ3) is 2.67. The Morgan fingerprint density at radius 3 is 2.68 bits per heavy atom. The molecule has 0 radical (unpaired) electrons. The lowest BCUT2D eigenvalue weighted by Crippen LogP contribution is -2.40. The second kappa shape index (κ2) is 5.43. The summed E-state index contributed by atoms with van der Waals surface area (Å²) in [5, 5.41) is 0. The Bertz CT molecular complexity index is 436. The minimum absolute atomic E-state index is 0.151. The lowest BCUT2D eigenvalue weighted by atomic mass is 9.72. The van der Waals surface area contributed by atoms with Crippen LogP contribution < -0.4 is 10.5 Å². The van der Waals surface area contributed by atoms with Crippen LogP contribution in [-0.4, -0.2) is 25.4 Å². The van der Waals surface area contributed by atoms with Crippen molar-refractivity contribution in [3.63, 3.8) is 0 Å². The lowest BCUT2D eigenvalue weighted by molar-refractivity contribution is 0.0530. The van der Waals surface area contributed by atoms with E-state index < -0.39 is 0 Å². The largest absolute Gasteiger partial charge is 0.494 e. The van der Waals surface area contributed by atoms with E-state index in [1.807, 2.05) is 24.3 Å². The molecule has 104 valence electrons. The van der Waals surface area contributed by atoms with Gasteiger partial charge in [0.2, 0.25) is 0 Å². The molecule has 3 rings (SSSR count). The van der Waals surface area contributed by atoms with Crippen LogP contribution >= 0.6 is 15.9 Å². The van der Waals surface area contributed by atoms with E-state index in [1.54, 1.807) is 0 Å². The standard InChI is InChI=1S/C15H20BrNO2/c16-11-1-3-12(4-2-11)18-8-7-15(10-17)9-13-5-6-14(15)19-13/h1-4,13-14H,5-10,17H2. The van der Waals surface area contributed by atoms with Gasteiger partial charge in [-0.15, -0.1) is 0 Å². The van der Waals surface area contributed by atoms with Gasteiger partial charge in [-0.25, -0.2) is 0 Å². The van der Waals surface area contributed by atoms with E-state index in [1.165, 1.54) is 12.8 Å². The molecule has 2 aliphatic heterocycles. The highest BCUT2D eigenvalue weighted by Gasteiger charge is 2.51. The average Bonchev–Trinajstić information content (AvgIpc) is 3.02. The molecule has 0 saturated carbocycles. The number of hydrogen-bond donors (Lipinski definition) is 1. The number of nitrogens with two attached hydrogens (primary N) is 1. The number of rotatable bonds is 5. The second-order valence-electron chi connectivity index (χ2n) is 5.65. The van der Waals surface area contributed by atoms with Gasteiger partial charge in [-0.05, 0) is 49.9 Å². The monoisotopic (exact) mass is 325 g/mol. The SMILES string of the molecule is NCC1(CCOc2ccc(Br)cc2)CC2CCC1O2. The summed E-state index contributed by atoms with van der Waals surface area (Å²) in [4.78, 5) is 0. The summed E-state index contributed by atoms with van der Waals surface area (Å²) in [6, 6.07) is 7.95. The zero-order valence-corrected chi connectivity index (χ0v) is 12.6. The lowest BCUT2D eigenvalue weighted by Gasteiger charge is -2.34. The first-order valence-corrected chi connectivity index (χ1v) is 7.75. The fraction of sp³-hybridized carbons (Fsp3) is 0.600. The van der Waals surface area contributed by atoms with Crippen LogP contribution in [-0.2, 0) is 4.74 Å². The topological polar surface area (TPSA) is 44.5 Å². The summed E-state index contributed by atoms with van der Waals surface area (Å²) in [6.45, 7) is 1.42. The molecule has 19 heavy (non-hydrogen) atoms. The van der Waals surface area contributed by atoms with Crippen LogP contribution in [0.25, 0.3) is 0 Å². The molecular formula is C15H20BrNO2. The van der Waals surface area contributed by atoms with Gasteiger partial charge in [0.15, 0.2) is 0 Å². The van der Waals surface area contributed by atoms with Crippen molar-refractivity contribution >= 4 is 15.9 Å². The fourth-order valence-corrected chi connectivity index (χ4v) is 3.64. The predicted octanol–water partition coefficient (Wildman–Crippen LogP) is 3.11. The first kappa shape index (κ1) is 13.4. The molecule has 0 spiro atoms. The normalized spacial score (nSPS) is 32.7. The number of hydrogen-bond acceptors (Lipinski definition) is 3. The smallest absolute Gasteiger partial charge is 0.119 e. The summed E-state index contributed by atoms with van der Waals surface area (Å²) >= 11 is 3.42. The third-order valence-corrected chi connectivity index (χ3v) is 5.04. The van der Waals surface area contributed by atoms with E-state index in [9.17, 15) is 0 Å². The zero-order valence-electron chi connectivity index (χ0n) is 11.0. The molecule has 4 heteroatoms. The van der Waals surface area contributed by atoms with Gasteiger partial charge in [-0.1, -0.05) is 15.9 Å². The van der Waals surface area contributed by atoms with Crippen molar-refractivity contribution in [2.24, 2.45) is 11.1 Å². The van der Waals surface area contributed by atoms with Crippen molar-refractivity contribution < 1.29 is 9.47 Å². The predicted molar refractivity (Wildman–Crippen MR) is 78.3 cm³/mol. The number of halogens is 1. The Labute approximate surface area is 122 Å². The van der Waals surface area contributed by atoms with Crippen LogP contribution in [0.4, 0.5) is 0 Å². The Morgan fingerprint density at radius 2 is 2.11 bits per heavy atom. The molecule has 1 aromatic carbocycles. The van der Waals surface area contributed by atoms with E-state index >= 15 is 0 Å². The van der Waals surface area contributed by atoms with Gasteiger partial charge in [0.1, 0.15) is 5.75 Å². The van der Waals surface area contributed by atoms with Gasteiger partial charge in [-0.2, -0.15) is 0 Å². The second-order valence-corrected chi connectivity index (χ2v) is 6.56. The summed E-state index contributed by atoms with van der Waals surface area (Å²) in [6.07, 6.45) is 5.27. The van der Waals surface area contributed by atoms with Crippen LogP contribution in [0.2, 0.25) is 0 Å². The van der Waals surface area contributed by atoms with Gasteiger partial charge in [0.05, 0.1) is 18.8 Å². The minimum atomic E-state index is 0.151. The first-order valence-electron chi connectivity index (χ1n) is 6.96. The summed E-state index contributed by atoms with van der Waals surface area (Å²) in [5.41, 5.74) is 6.16. The molecule has 2 aliphatic rings. The third-order valence-electron chi connectivity index (χ3n) is 4.51. The molecule has 2 fully saturated rings. The van der Waals surface area contributed by atoms with E-state index in [4.69, 9.17) is 15.2 Å². The van der Waals surface area contributed by atoms with Gasteiger partial charge < -0.3 is 15.2 Å². The van der Waals surface area contributed by atoms with Crippen LogP contribution in [0, 0.1) is 5.41 Å². The molecule has 3 nitrogen and oxygen atoms in total. The van der Waals surface area contributed by atoms with Crippen LogP contribution in [0.5, 0.6) is 5.75 Å². The van der Waals surface area contributed by atoms with Crippen molar-refractivity contribution in [1.82, 2.24) is 0 Å². The fourth-order valence-electron chi connectivity index (χ4n) is 3.37. The van der Waals surface area contributed by atoms with Gasteiger partial charge >= 0.3 is 0 Å². The van der Waals surface area contributed by atoms with Crippen molar-refractivity contribution in [3.8, 4) is 5.75 Å². The highest BCUT2D eigenvalue weighted by atomic mass is 79.9. The van der Waals surface area contributed by atoms with Gasteiger partial charge in [0, 0.05) is 16.4 Å². The average molecular weight is 326 g/mol. The zero-order chi connectivity index (χ0) is 13.3. The van der Waals surface area contributed by atoms with Crippen LogP contribution in [0.1, 0.15) is 25.7 Å². The molecule has 1 aromatic rings. The molecule has 3 atom stereocenters. The Balaban J connectivity index is 1.55. The van der Waals surface area contributed by atoms with E-state index in [2.05, 4.69) is 15.9 Å². The van der Waals surface area contributed by atoms with Crippen LogP contribution in [0.3, 0.4) is 0 Å². The molecular weight excluding hydrogens is 306 g/mol. The Hall–Kier alpha value is -0.580. The summed E-state index contributed by atoms with van der Waals surface area (Å²) in [5.74, 6) is 0.916. The number of fused-ring (bicyclic) bond motifs is 2. The van der Waals surface area contributed by atoms with Gasteiger partial charge in [-0.3, -0.25) is 0 Å². The van der Waals surface area contributed by atoms with Crippen molar-refractivity contribution in [3.05, 3.63) is 28.7 Å². The van der Waals surface area contributed by atoms with E-state index in [0.29, 0.717) is 25.4 Å². The molecule has 0 aromatic heterocycles. The van der Waals surface area contributed by atoms with Crippen molar-refractivity contribution in [1.29, 1.82) is 0 Å². The number of benzene rings is 1. The summed E-state index contributed by atoms with van der Waals surface area (Å²) in [7, 11) is 0. The van der Waals surface area contributed by atoms with E-state index in [0.717, 1.165) is 23.1 Å². The van der Waals surface area contributed by atoms with Crippen molar-refractivity contribution in [2.45, 2.75) is 37.9 Å². The molecule has 2 saturated heterocycles. The maximum Gasteiger partial charge on any atom is 0.119 e. The minimum Gasteiger partial charge on any atom is -0.494 e. The van der Waals surface area contributed by atoms with Gasteiger partial charge in [0.25, 0.3) is 0 Å². The molecule has 2 heterocycles. The molecule has 2 N–H and O–H groups in total. The van der Waals surface area contributed by atoms with E-state index in [-0.39, 0.29) is 5.41 Å². The highest BCUT2D eigenvalue weighted by molar-refractivity contribution is 9.10. The Kier molecular flexibility index (Phi) is 3.83. The Morgan fingerprint density at radius 1 is 1.32 bits per heavy atom.